The number of fused-ring (bicyclic) bond motifs is 1. The van der Waals surface area contributed by atoms with E-state index < -0.39 is 5.54 Å². The largest absolute Gasteiger partial charge is 0.464 e. The molecule has 3 amide bonds. The van der Waals surface area contributed by atoms with Gasteiger partial charge in [-0.15, -0.1) is 0 Å². The van der Waals surface area contributed by atoms with Crippen molar-refractivity contribution in [2.75, 3.05) is 12.4 Å². The molecule has 3 N–H and O–H groups in total. The minimum atomic E-state index is -0.804. The van der Waals surface area contributed by atoms with E-state index in [1.165, 1.54) is 0 Å². The second kappa shape index (κ2) is 8.50. The summed E-state index contributed by atoms with van der Waals surface area (Å²) < 4.78 is 5.18. The van der Waals surface area contributed by atoms with Gasteiger partial charge in [-0.1, -0.05) is 19.3 Å². The molecule has 0 radical (unpaired) electrons. The summed E-state index contributed by atoms with van der Waals surface area (Å²) in [6.45, 7) is 2.12. The highest BCUT2D eigenvalue weighted by Gasteiger charge is 2.44. The van der Waals surface area contributed by atoms with Crippen LogP contribution in [0.5, 0.6) is 0 Å². The first kappa shape index (κ1) is 19.3. The van der Waals surface area contributed by atoms with Crippen LogP contribution in [0, 0.1) is 0 Å². The van der Waals surface area contributed by atoms with Crippen molar-refractivity contribution in [1.29, 1.82) is 0 Å². The lowest BCUT2D eigenvalue weighted by Gasteiger charge is -2.27. The molecule has 0 aromatic rings. The number of amides is 3. The van der Waals surface area contributed by atoms with E-state index in [4.69, 9.17) is 4.74 Å². The minimum Gasteiger partial charge on any atom is -0.464 e. The molecule has 0 aromatic carbocycles. The number of urea groups is 1. The molecule has 0 unspecified atom stereocenters. The third-order valence-corrected chi connectivity index (χ3v) is 7.09. The van der Waals surface area contributed by atoms with E-state index >= 15 is 0 Å². The van der Waals surface area contributed by atoms with Crippen molar-refractivity contribution in [3.8, 4) is 0 Å². The van der Waals surface area contributed by atoms with E-state index in [-0.39, 0.29) is 30.0 Å². The molecule has 0 spiro atoms. The van der Waals surface area contributed by atoms with Crippen LogP contribution in [0.1, 0.15) is 58.3 Å². The van der Waals surface area contributed by atoms with Crippen LogP contribution in [0.4, 0.5) is 4.79 Å². The van der Waals surface area contributed by atoms with Gasteiger partial charge in [0.05, 0.1) is 18.7 Å². The van der Waals surface area contributed by atoms with Crippen molar-refractivity contribution in [3.63, 3.8) is 0 Å². The Kier molecular flexibility index (Phi) is 6.32. The van der Waals surface area contributed by atoms with Gasteiger partial charge in [0.2, 0.25) is 5.91 Å². The van der Waals surface area contributed by atoms with E-state index in [0.29, 0.717) is 31.1 Å². The van der Waals surface area contributed by atoms with E-state index in [2.05, 4.69) is 16.0 Å². The molecule has 3 fully saturated rings. The summed E-state index contributed by atoms with van der Waals surface area (Å²) >= 11 is 1.89. The van der Waals surface area contributed by atoms with Crippen molar-refractivity contribution >= 4 is 29.7 Å². The Morgan fingerprint density at radius 3 is 2.77 bits per heavy atom. The molecule has 3 atom stereocenters. The van der Waals surface area contributed by atoms with Crippen LogP contribution in [-0.2, 0) is 14.3 Å². The maximum Gasteiger partial charge on any atom is 0.331 e. The van der Waals surface area contributed by atoms with Crippen LogP contribution >= 0.6 is 11.8 Å². The fraction of sp³-hybridized carbons (Fsp3) is 0.833. The third kappa shape index (κ3) is 4.27. The van der Waals surface area contributed by atoms with Crippen LogP contribution < -0.4 is 16.0 Å². The summed E-state index contributed by atoms with van der Waals surface area (Å²) in [4.78, 5) is 36.0. The highest BCUT2D eigenvalue weighted by Crippen LogP contribution is 2.33. The number of carbonyl (C=O) groups is 3. The number of ether oxygens (including phenoxy) is 1. The van der Waals surface area contributed by atoms with Gasteiger partial charge < -0.3 is 20.7 Å². The average Bonchev–Trinajstić information content (AvgIpc) is 3.29. The lowest BCUT2D eigenvalue weighted by atomic mass is 9.97. The molecule has 1 saturated carbocycles. The van der Waals surface area contributed by atoms with Crippen molar-refractivity contribution in [1.82, 2.24) is 16.0 Å². The van der Waals surface area contributed by atoms with E-state index in [9.17, 15) is 14.4 Å². The Labute approximate surface area is 158 Å². The molecule has 146 valence electrons. The molecule has 0 aromatic heterocycles. The number of hydrogen-bond acceptors (Lipinski definition) is 5. The molecule has 8 heteroatoms. The van der Waals surface area contributed by atoms with Gasteiger partial charge in [-0.3, -0.25) is 4.79 Å². The van der Waals surface area contributed by atoms with Gasteiger partial charge in [0.25, 0.3) is 0 Å². The second-order valence-corrected chi connectivity index (χ2v) is 8.70. The van der Waals surface area contributed by atoms with Crippen LogP contribution in [-0.4, -0.2) is 53.1 Å². The molecule has 3 rings (SSSR count). The molecule has 0 bridgehead atoms. The molecule has 26 heavy (non-hydrogen) atoms. The first-order valence-corrected chi connectivity index (χ1v) is 10.8. The van der Waals surface area contributed by atoms with Crippen LogP contribution in [0.15, 0.2) is 0 Å². The van der Waals surface area contributed by atoms with Crippen molar-refractivity contribution in [2.24, 2.45) is 0 Å². The third-order valence-electron chi connectivity index (χ3n) is 5.58. The van der Waals surface area contributed by atoms with Crippen molar-refractivity contribution in [2.45, 2.75) is 81.2 Å². The van der Waals surface area contributed by atoms with E-state index in [0.717, 1.165) is 37.9 Å². The zero-order chi connectivity index (χ0) is 18.6. The van der Waals surface area contributed by atoms with Crippen molar-refractivity contribution < 1.29 is 19.1 Å². The summed E-state index contributed by atoms with van der Waals surface area (Å²) in [5, 5.41) is 9.31. The maximum atomic E-state index is 12.3. The van der Waals surface area contributed by atoms with Crippen LogP contribution in [0.25, 0.3) is 0 Å². The zero-order valence-electron chi connectivity index (χ0n) is 15.3. The summed E-state index contributed by atoms with van der Waals surface area (Å²) in [5.74, 6) is 0.604. The molecule has 2 saturated heterocycles. The van der Waals surface area contributed by atoms with Gasteiger partial charge >= 0.3 is 12.0 Å². The topological polar surface area (TPSA) is 96.5 Å². The van der Waals surface area contributed by atoms with Gasteiger partial charge in [-0.2, -0.15) is 11.8 Å². The molecule has 7 nitrogen and oxygen atoms in total. The molecule has 1 aliphatic carbocycles. The molecule has 2 heterocycles. The van der Waals surface area contributed by atoms with Gasteiger partial charge in [0.1, 0.15) is 5.54 Å². The van der Waals surface area contributed by atoms with Gasteiger partial charge in [-0.25, -0.2) is 9.59 Å². The Morgan fingerprint density at radius 1 is 1.27 bits per heavy atom. The fourth-order valence-corrected chi connectivity index (χ4v) is 5.78. The summed E-state index contributed by atoms with van der Waals surface area (Å²) in [6, 6.07) is 0.394. The highest BCUT2D eigenvalue weighted by molar-refractivity contribution is 8.00. The van der Waals surface area contributed by atoms with E-state index in [1.807, 2.05) is 11.8 Å². The fourth-order valence-electron chi connectivity index (χ4n) is 4.23. The van der Waals surface area contributed by atoms with Crippen LogP contribution in [0.2, 0.25) is 0 Å². The lowest BCUT2D eigenvalue weighted by Crippen LogP contribution is -2.53. The SMILES string of the molecule is CCOC(=O)C1(NC(=O)CCCC[C@@H]2SC[C@@H]3NC(=O)N[C@@H]32)CCCC1. The maximum absolute atomic E-state index is 12.3. The summed E-state index contributed by atoms with van der Waals surface area (Å²) in [5.41, 5.74) is -0.804. The Morgan fingerprint density at radius 2 is 2.04 bits per heavy atom. The zero-order valence-corrected chi connectivity index (χ0v) is 16.2. The highest BCUT2D eigenvalue weighted by atomic mass is 32.2. The first-order chi connectivity index (χ1) is 12.5. The Balaban J connectivity index is 1.39. The van der Waals surface area contributed by atoms with E-state index in [1.54, 1.807) is 6.92 Å². The average molecular weight is 384 g/mol. The van der Waals surface area contributed by atoms with Gasteiger partial charge in [0, 0.05) is 17.4 Å². The smallest absolute Gasteiger partial charge is 0.331 e. The number of unbranched alkanes of at least 4 members (excludes halogenated alkanes) is 1. The predicted octanol–water partition coefficient (Wildman–Crippen LogP) is 1.70. The Bertz CT molecular complexity index is 551. The predicted molar refractivity (Wildman–Crippen MR) is 99.9 cm³/mol. The van der Waals surface area contributed by atoms with Crippen molar-refractivity contribution in [3.05, 3.63) is 0 Å². The first-order valence-electron chi connectivity index (χ1n) is 9.71. The number of hydrogen-bond donors (Lipinski definition) is 3. The standard InChI is InChI=1S/C18H29N3O4S/c1-2-25-16(23)18(9-5-6-10-18)21-14(22)8-4-3-7-13-15-12(11-26-13)19-17(24)20-15/h12-13,15H,2-11H2,1H3,(H,21,22)(H2,19,20,24)/t12-,13-,15-/m0/s1. The lowest BCUT2D eigenvalue weighted by molar-refractivity contribution is -0.153. The van der Waals surface area contributed by atoms with Gasteiger partial charge in [0.15, 0.2) is 0 Å². The summed E-state index contributed by atoms with van der Waals surface area (Å²) in [7, 11) is 0. The molecular weight excluding hydrogens is 354 g/mol. The Hall–Kier alpha value is -1.44. The second-order valence-electron chi connectivity index (χ2n) is 7.43. The van der Waals surface area contributed by atoms with Gasteiger partial charge in [-0.05, 0) is 32.6 Å². The molecule has 2 aliphatic heterocycles. The number of thioether (sulfide) groups is 1. The monoisotopic (exact) mass is 383 g/mol. The molecule has 3 aliphatic rings. The summed E-state index contributed by atoms with van der Waals surface area (Å²) in [6.07, 6.45) is 6.39. The van der Waals surface area contributed by atoms with Crippen LogP contribution in [0.3, 0.4) is 0 Å². The normalized spacial score (nSPS) is 29.0. The number of esters is 1. The number of nitrogens with one attached hydrogen (secondary N) is 3. The number of carbonyl (C=O) groups excluding carboxylic acids is 3. The number of rotatable bonds is 8. The molecular formula is C18H29N3O4S. The quantitative estimate of drug-likeness (QED) is 0.337. The minimum absolute atomic E-state index is 0.0623.